The molecule has 0 aliphatic heterocycles. The van der Waals surface area contributed by atoms with Crippen LogP contribution in [0.1, 0.15) is 15.9 Å². The highest BCUT2D eigenvalue weighted by atomic mass is 16.5. The molecule has 0 atom stereocenters. The van der Waals surface area contributed by atoms with Gasteiger partial charge in [-0.2, -0.15) is 0 Å². The summed E-state index contributed by atoms with van der Waals surface area (Å²) in [6.07, 6.45) is 4.89. The van der Waals surface area contributed by atoms with Gasteiger partial charge >= 0.3 is 0 Å². The van der Waals surface area contributed by atoms with Crippen molar-refractivity contribution in [2.75, 3.05) is 12.8 Å². The fourth-order valence-electron chi connectivity index (χ4n) is 1.56. The number of nitrogen functional groups attached to an aromatic ring is 1. The van der Waals surface area contributed by atoms with Crippen LogP contribution in [0, 0.1) is 0 Å². The van der Waals surface area contributed by atoms with Gasteiger partial charge in [-0.3, -0.25) is 9.78 Å². The molecule has 0 saturated heterocycles. The molecule has 0 bridgehead atoms. The summed E-state index contributed by atoms with van der Waals surface area (Å²) >= 11 is 0. The number of aromatic nitrogens is 2. The van der Waals surface area contributed by atoms with Gasteiger partial charge in [0, 0.05) is 36.8 Å². The molecule has 0 amide bonds. The van der Waals surface area contributed by atoms with Crippen molar-refractivity contribution in [1.82, 2.24) is 9.97 Å². The van der Waals surface area contributed by atoms with Gasteiger partial charge < -0.3 is 10.5 Å². The highest BCUT2D eigenvalue weighted by Gasteiger charge is 2.10. The average Bonchev–Trinajstić information content (AvgIpc) is 2.40. The Bertz CT molecular complexity index is 552. The van der Waals surface area contributed by atoms with Gasteiger partial charge in [-0.15, -0.1) is 0 Å². The smallest absolute Gasteiger partial charge is 0.212 e. The van der Waals surface area contributed by atoms with E-state index >= 15 is 0 Å². The van der Waals surface area contributed by atoms with Crippen molar-refractivity contribution in [1.29, 1.82) is 0 Å². The standard InChI is InChI=1S/C13H13N3O2/c1-18-13-3-2-9(7-16-13)6-12(17)10-8-15-5-4-11(10)14/h2-5,7-8H,6H2,1H3,(H2,14,15). The van der Waals surface area contributed by atoms with Crippen molar-refractivity contribution in [2.24, 2.45) is 0 Å². The predicted molar refractivity (Wildman–Crippen MR) is 67.5 cm³/mol. The quantitative estimate of drug-likeness (QED) is 0.823. The largest absolute Gasteiger partial charge is 0.481 e. The van der Waals surface area contributed by atoms with Crippen LogP contribution in [0.2, 0.25) is 0 Å². The van der Waals surface area contributed by atoms with Gasteiger partial charge in [0.15, 0.2) is 5.78 Å². The van der Waals surface area contributed by atoms with E-state index in [1.807, 2.05) is 0 Å². The number of carbonyl (C=O) groups is 1. The van der Waals surface area contributed by atoms with E-state index in [2.05, 4.69) is 9.97 Å². The Morgan fingerprint density at radius 1 is 1.33 bits per heavy atom. The number of hydrogen-bond acceptors (Lipinski definition) is 5. The maximum absolute atomic E-state index is 12.0. The maximum Gasteiger partial charge on any atom is 0.212 e. The number of Topliss-reactive ketones (excluding diaryl/α,β-unsaturated/α-hetero) is 1. The lowest BCUT2D eigenvalue weighted by Crippen LogP contribution is -2.07. The molecule has 0 unspecified atom stereocenters. The Morgan fingerprint density at radius 3 is 2.78 bits per heavy atom. The van der Waals surface area contributed by atoms with Crippen molar-refractivity contribution in [3.05, 3.63) is 47.9 Å². The fraction of sp³-hybridized carbons (Fsp3) is 0.154. The van der Waals surface area contributed by atoms with Crippen LogP contribution >= 0.6 is 0 Å². The molecule has 2 heterocycles. The minimum Gasteiger partial charge on any atom is -0.481 e. The molecule has 2 aromatic heterocycles. The van der Waals surface area contributed by atoms with E-state index in [0.717, 1.165) is 5.56 Å². The summed E-state index contributed by atoms with van der Waals surface area (Å²) in [5.41, 5.74) is 7.41. The zero-order valence-corrected chi connectivity index (χ0v) is 9.96. The normalized spacial score (nSPS) is 10.1. The summed E-state index contributed by atoms with van der Waals surface area (Å²) in [4.78, 5) is 20.0. The van der Waals surface area contributed by atoms with Gasteiger partial charge in [-0.1, -0.05) is 6.07 Å². The number of hydrogen-bond donors (Lipinski definition) is 1. The van der Waals surface area contributed by atoms with Crippen LogP contribution < -0.4 is 10.5 Å². The Kier molecular flexibility index (Phi) is 3.52. The van der Waals surface area contributed by atoms with Crippen molar-refractivity contribution < 1.29 is 9.53 Å². The number of nitrogens with zero attached hydrogens (tertiary/aromatic N) is 2. The third-order valence-electron chi connectivity index (χ3n) is 2.53. The van der Waals surface area contributed by atoms with Crippen LogP contribution in [-0.4, -0.2) is 22.9 Å². The van der Waals surface area contributed by atoms with Gasteiger partial charge in [-0.05, 0) is 11.6 Å². The van der Waals surface area contributed by atoms with Crippen LogP contribution in [0.15, 0.2) is 36.8 Å². The lowest BCUT2D eigenvalue weighted by molar-refractivity contribution is 0.0993. The van der Waals surface area contributed by atoms with Crippen LogP contribution in [0.5, 0.6) is 5.88 Å². The molecule has 5 nitrogen and oxygen atoms in total. The minimum atomic E-state index is -0.0763. The molecule has 0 radical (unpaired) electrons. The molecule has 2 N–H and O–H groups in total. The number of nitrogens with two attached hydrogens (primary N) is 1. The number of carbonyl (C=O) groups excluding carboxylic acids is 1. The molecule has 0 saturated carbocycles. The predicted octanol–water partition coefficient (Wildman–Crippen LogP) is 1.49. The maximum atomic E-state index is 12.0. The monoisotopic (exact) mass is 243 g/mol. The average molecular weight is 243 g/mol. The van der Waals surface area contributed by atoms with Gasteiger partial charge in [0.1, 0.15) is 0 Å². The Hall–Kier alpha value is -2.43. The zero-order chi connectivity index (χ0) is 13.0. The first-order valence-electron chi connectivity index (χ1n) is 5.42. The van der Waals surface area contributed by atoms with Crippen LogP contribution in [0.3, 0.4) is 0 Å². The second-order valence-electron chi connectivity index (χ2n) is 3.77. The van der Waals surface area contributed by atoms with E-state index in [1.54, 1.807) is 37.7 Å². The molecule has 18 heavy (non-hydrogen) atoms. The van der Waals surface area contributed by atoms with E-state index in [0.29, 0.717) is 17.1 Å². The molecule has 2 aromatic rings. The molecular weight excluding hydrogens is 230 g/mol. The van der Waals surface area contributed by atoms with Crippen molar-refractivity contribution in [3.63, 3.8) is 0 Å². The molecular formula is C13H13N3O2. The van der Waals surface area contributed by atoms with Crippen molar-refractivity contribution >= 4 is 11.5 Å². The SMILES string of the molecule is COc1ccc(CC(=O)c2cnccc2N)cn1. The molecule has 2 rings (SSSR count). The summed E-state index contributed by atoms with van der Waals surface area (Å²) in [6.45, 7) is 0. The third kappa shape index (κ3) is 2.63. The Balaban J connectivity index is 2.14. The second kappa shape index (κ2) is 5.27. The van der Waals surface area contributed by atoms with Crippen LogP contribution in [-0.2, 0) is 6.42 Å². The van der Waals surface area contributed by atoms with Crippen molar-refractivity contribution in [3.8, 4) is 5.88 Å². The molecule has 92 valence electrons. The third-order valence-corrected chi connectivity index (χ3v) is 2.53. The summed E-state index contributed by atoms with van der Waals surface area (Å²) < 4.78 is 4.95. The summed E-state index contributed by atoms with van der Waals surface area (Å²) in [7, 11) is 1.55. The number of ketones is 1. The highest BCUT2D eigenvalue weighted by molar-refractivity contribution is 6.01. The van der Waals surface area contributed by atoms with E-state index in [9.17, 15) is 4.79 Å². The fourth-order valence-corrected chi connectivity index (χ4v) is 1.56. The highest BCUT2D eigenvalue weighted by Crippen LogP contribution is 2.14. The second-order valence-corrected chi connectivity index (χ2v) is 3.77. The molecule has 0 aliphatic carbocycles. The van der Waals surface area contributed by atoms with Gasteiger partial charge in [0.25, 0.3) is 0 Å². The van der Waals surface area contributed by atoms with Gasteiger partial charge in [0.05, 0.1) is 12.7 Å². The minimum absolute atomic E-state index is 0.0763. The first kappa shape index (κ1) is 12.0. The lowest BCUT2D eigenvalue weighted by Gasteiger charge is -2.04. The Labute approximate surface area is 105 Å². The number of methoxy groups -OCH3 is 1. The first-order valence-corrected chi connectivity index (χ1v) is 5.42. The molecule has 0 aromatic carbocycles. The molecule has 0 spiro atoms. The summed E-state index contributed by atoms with van der Waals surface area (Å²) in [6, 6.07) is 5.13. The lowest BCUT2D eigenvalue weighted by atomic mass is 10.0. The van der Waals surface area contributed by atoms with E-state index in [-0.39, 0.29) is 12.2 Å². The van der Waals surface area contributed by atoms with Crippen LogP contribution in [0.25, 0.3) is 0 Å². The zero-order valence-electron chi connectivity index (χ0n) is 9.96. The van der Waals surface area contributed by atoms with Gasteiger partial charge in [-0.25, -0.2) is 4.98 Å². The molecule has 5 heteroatoms. The van der Waals surface area contributed by atoms with E-state index in [1.165, 1.54) is 6.20 Å². The van der Waals surface area contributed by atoms with E-state index < -0.39 is 0 Å². The number of anilines is 1. The van der Waals surface area contributed by atoms with E-state index in [4.69, 9.17) is 10.5 Å². The van der Waals surface area contributed by atoms with Crippen LogP contribution in [0.4, 0.5) is 5.69 Å². The van der Waals surface area contributed by atoms with Gasteiger partial charge in [0.2, 0.25) is 5.88 Å². The summed E-state index contributed by atoms with van der Waals surface area (Å²) in [5, 5.41) is 0. The Morgan fingerprint density at radius 2 is 2.17 bits per heavy atom. The number of rotatable bonds is 4. The summed E-state index contributed by atoms with van der Waals surface area (Å²) in [5.74, 6) is 0.444. The first-order chi connectivity index (χ1) is 8.70. The molecule has 0 aliphatic rings. The number of pyridine rings is 2. The number of ether oxygens (including phenoxy) is 1. The topological polar surface area (TPSA) is 78.1 Å². The molecule has 0 fully saturated rings. The van der Waals surface area contributed by atoms with Crippen molar-refractivity contribution in [2.45, 2.75) is 6.42 Å².